The van der Waals surface area contributed by atoms with Crippen LogP contribution < -0.4 is 15.4 Å². The van der Waals surface area contributed by atoms with Crippen molar-refractivity contribution >= 4 is 17.5 Å². The predicted molar refractivity (Wildman–Crippen MR) is 129 cm³/mol. The highest BCUT2D eigenvalue weighted by Crippen LogP contribution is 2.27. The average Bonchev–Trinajstić information content (AvgIpc) is 3.33. The molecule has 3 saturated heterocycles. The average molecular weight is 479 g/mol. The number of nitrogens with one attached hydrogen (secondary N) is 1. The third-order valence-corrected chi connectivity index (χ3v) is 7.16. The quantitative estimate of drug-likeness (QED) is 0.674. The second kappa shape index (κ2) is 9.92. The van der Waals surface area contributed by atoms with Gasteiger partial charge in [0.15, 0.2) is 0 Å². The van der Waals surface area contributed by atoms with Gasteiger partial charge < -0.3 is 24.3 Å². The van der Waals surface area contributed by atoms with Crippen molar-refractivity contribution in [2.24, 2.45) is 0 Å². The Morgan fingerprint density at radius 2 is 1.97 bits per heavy atom. The van der Waals surface area contributed by atoms with Crippen molar-refractivity contribution in [3.63, 3.8) is 0 Å². The van der Waals surface area contributed by atoms with Gasteiger partial charge in [0.1, 0.15) is 11.9 Å². The lowest BCUT2D eigenvalue weighted by Crippen LogP contribution is -2.61. The fourth-order valence-electron chi connectivity index (χ4n) is 4.98. The first-order valence-corrected chi connectivity index (χ1v) is 12.1. The molecule has 1 N–H and O–H groups in total. The molecule has 184 valence electrons. The number of nitriles is 1. The highest BCUT2D eigenvalue weighted by atomic mass is 16.5. The molecule has 5 rings (SSSR count). The second-order valence-electron chi connectivity index (χ2n) is 9.33. The molecule has 0 aromatic carbocycles. The number of urea groups is 1. The van der Waals surface area contributed by atoms with E-state index in [1.807, 2.05) is 22.8 Å². The summed E-state index contributed by atoms with van der Waals surface area (Å²) in [4.78, 5) is 37.3. The molecule has 11 nitrogen and oxygen atoms in total. The summed E-state index contributed by atoms with van der Waals surface area (Å²) in [6, 6.07) is 5.97. The Hall–Kier alpha value is -3.65. The zero-order valence-electron chi connectivity index (χ0n) is 19.9. The van der Waals surface area contributed by atoms with Crippen LogP contribution in [0.1, 0.15) is 24.0 Å². The molecule has 2 aromatic rings. The van der Waals surface area contributed by atoms with E-state index in [1.54, 1.807) is 18.5 Å². The van der Waals surface area contributed by atoms with Gasteiger partial charge >= 0.3 is 6.03 Å². The summed E-state index contributed by atoms with van der Waals surface area (Å²) in [5.41, 5.74) is 1.94. The van der Waals surface area contributed by atoms with E-state index in [9.17, 15) is 9.59 Å². The Balaban J connectivity index is 1.06. The smallest absolute Gasteiger partial charge is 0.320 e. The van der Waals surface area contributed by atoms with Gasteiger partial charge in [0, 0.05) is 44.5 Å². The molecule has 3 fully saturated rings. The number of aromatic amines is 1. The van der Waals surface area contributed by atoms with Crippen molar-refractivity contribution in [3.05, 3.63) is 46.0 Å². The summed E-state index contributed by atoms with van der Waals surface area (Å²) in [6.45, 7) is 7.21. The number of hydrogen-bond acceptors (Lipinski definition) is 8. The summed E-state index contributed by atoms with van der Waals surface area (Å²) in [7, 11) is 0. The zero-order valence-corrected chi connectivity index (χ0v) is 19.9. The summed E-state index contributed by atoms with van der Waals surface area (Å²) in [6.07, 6.45) is 5.41. The normalized spacial score (nSPS) is 20.6. The Kier molecular flexibility index (Phi) is 6.55. The van der Waals surface area contributed by atoms with Crippen LogP contribution in [0.15, 0.2) is 29.3 Å². The first-order chi connectivity index (χ1) is 17.0. The van der Waals surface area contributed by atoms with E-state index in [0.29, 0.717) is 57.0 Å². The van der Waals surface area contributed by atoms with E-state index in [1.165, 1.54) is 0 Å². The Labute approximate surface area is 203 Å². The van der Waals surface area contributed by atoms with Gasteiger partial charge in [-0.3, -0.25) is 4.79 Å². The molecule has 0 unspecified atom stereocenters. The molecule has 0 aliphatic carbocycles. The summed E-state index contributed by atoms with van der Waals surface area (Å²) in [5, 5.41) is 15.4. The standard InChI is InChI=1S/C24H30N8O3/c1-17-21(13-27-28-23(17)33)32-6-2-3-19(32)16-35-20-14-31(15-20)24(34)30-9-7-29(8-10-30)22-5-4-18(11-25)12-26-22/h4-5,12-13,19-20H,2-3,6-10,14-16H2,1H3,(H,28,33)/t19-/m0/s1. The maximum Gasteiger partial charge on any atom is 0.320 e. The molecule has 0 saturated carbocycles. The molecule has 2 aromatic heterocycles. The number of rotatable bonds is 5. The van der Waals surface area contributed by atoms with Gasteiger partial charge in [-0.2, -0.15) is 10.4 Å². The minimum Gasteiger partial charge on any atom is -0.372 e. The van der Waals surface area contributed by atoms with Crippen molar-refractivity contribution in [1.82, 2.24) is 25.0 Å². The molecule has 35 heavy (non-hydrogen) atoms. The van der Waals surface area contributed by atoms with E-state index >= 15 is 0 Å². The van der Waals surface area contributed by atoms with Crippen LogP contribution in [0.25, 0.3) is 0 Å². The molecule has 11 heteroatoms. The fraction of sp³-hybridized carbons (Fsp3) is 0.542. The van der Waals surface area contributed by atoms with Crippen LogP contribution >= 0.6 is 0 Å². The maximum absolute atomic E-state index is 12.9. The third-order valence-electron chi connectivity index (χ3n) is 7.16. The zero-order chi connectivity index (χ0) is 24.4. The minimum absolute atomic E-state index is 0.0453. The van der Waals surface area contributed by atoms with E-state index in [4.69, 9.17) is 10.00 Å². The van der Waals surface area contributed by atoms with Gasteiger partial charge in [0.05, 0.1) is 49.3 Å². The van der Waals surface area contributed by atoms with Crippen LogP contribution in [0, 0.1) is 18.3 Å². The number of carbonyl (C=O) groups excluding carboxylic acids is 1. The van der Waals surface area contributed by atoms with Crippen LogP contribution in [0.2, 0.25) is 0 Å². The van der Waals surface area contributed by atoms with Gasteiger partial charge in [0.2, 0.25) is 0 Å². The molecular formula is C24H30N8O3. The Bertz CT molecular complexity index is 1150. The lowest BCUT2D eigenvalue weighted by atomic mass is 10.1. The van der Waals surface area contributed by atoms with Crippen LogP contribution in [0.4, 0.5) is 16.3 Å². The number of anilines is 2. The van der Waals surface area contributed by atoms with Gasteiger partial charge in [-0.15, -0.1) is 0 Å². The summed E-state index contributed by atoms with van der Waals surface area (Å²) >= 11 is 0. The lowest BCUT2D eigenvalue weighted by molar-refractivity contribution is -0.0451. The van der Waals surface area contributed by atoms with E-state index in [2.05, 4.69) is 31.1 Å². The van der Waals surface area contributed by atoms with E-state index in [0.717, 1.165) is 30.9 Å². The van der Waals surface area contributed by atoms with Crippen LogP contribution in [-0.4, -0.2) is 95.6 Å². The molecule has 0 bridgehead atoms. The molecule has 5 heterocycles. The Morgan fingerprint density at radius 3 is 2.69 bits per heavy atom. The van der Waals surface area contributed by atoms with Gasteiger partial charge in [0.25, 0.3) is 5.56 Å². The number of amides is 2. The number of H-pyrrole nitrogens is 1. The molecule has 0 radical (unpaired) electrons. The highest BCUT2D eigenvalue weighted by Gasteiger charge is 2.36. The predicted octanol–water partition coefficient (Wildman–Crippen LogP) is 0.957. The van der Waals surface area contributed by atoms with Crippen molar-refractivity contribution in [1.29, 1.82) is 5.26 Å². The number of aromatic nitrogens is 3. The third kappa shape index (κ3) is 4.79. The number of pyridine rings is 1. The molecule has 1 atom stereocenters. The fourth-order valence-corrected chi connectivity index (χ4v) is 4.98. The second-order valence-corrected chi connectivity index (χ2v) is 9.33. The van der Waals surface area contributed by atoms with Crippen molar-refractivity contribution in [2.75, 3.05) is 62.2 Å². The van der Waals surface area contributed by atoms with Crippen LogP contribution in [0.3, 0.4) is 0 Å². The number of ether oxygens (including phenoxy) is 1. The number of carbonyl (C=O) groups is 1. The number of hydrogen-bond donors (Lipinski definition) is 1. The summed E-state index contributed by atoms with van der Waals surface area (Å²) in [5.74, 6) is 0.834. The molecule has 3 aliphatic rings. The van der Waals surface area contributed by atoms with Crippen molar-refractivity contribution in [3.8, 4) is 6.07 Å². The molecular weight excluding hydrogens is 448 g/mol. The monoisotopic (exact) mass is 478 g/mol. The van der Waals surface area contributed by atoms with E-state index in [-0.39, 0.29) is 23.7 Å². The van der Waals surface area contributed by atoms with Gasteiger partial charge in [-0.25, -0.2) is 14.9 Å². The largest absolute Gasteiger partial charge is 0.372 e. The molecule has 3 aliphatic heterocycles. The number of likely N-dealkylation sites (tertiary alicyclic amines) is 1. The van der Waals surface area contributed by atoms with Gasteiger partial charge in [-0.05, 0) is 31.9 Å². The highest BCUT2D eigenvalue weighted by molar-refractivity contribution is 5.75. The minimum atomic E-state index is -0.156. The summed E-state index contributed by atoms with van der Waals surface area (Å²) < 4.78 is 6.15. The SMILES string of the molecule is Cc1c(N2CCC[C@H]2COC2CN(C(=O)N3CCN(c4ccc(C#N)cn4)CC3)C2)cn[nH]c1=O. The van der Waals surface area contributed by atoms with Gasteiger partial charge in [-0.1, -0.05) is 0 Å². The first kappa shape index (κ1) is 23.1. The number of piperazine rings is 1. The Morgan fingerprint density at radius 1 is 1.17 bits per heavy atom. The van der Waals surface area contributed by atoms with Crippen molar-refractivity contribution < 1.29 is 9.53 Å². The topological polar surface area (TPSA) is 122 Å². The number of nitrogens with zero attached hydrogens (tertiary/aromatic N) is 7. The molecule has 2 amide bonds. The van der Waals surface area contributed by atoms with Crippen LogP contribution in [-0.2, 0) is 4.74 Å². The van der Waals surface area contributed by atoms with Crippen molar-refractivity contribution in [2.45, 2.75) is 31.9 Å². The maximum atomic E-state index is 12.9. The van der Waals surface area contributed by atoms with Crippen LogP contribution in [0.5, 0.6) is 0 Å². The van der Waals surface area contributed by atoms with E-state index < -0.39 is 0 Å². The first-order valence-electron chi connectivity index (χ1n) is 12.1. The lowest BCUT2D eigenvalue weighted by Gasteiger charge is -2.44. The molecule has 0 spiro atoms.